The fourth-order valence-corrected chi connectivity index (χ4v) is 3.63. The summed E-state index contributed by atoms with van der Waals surface area (Å²) in [6, 6.07) is 0.801. The van der Waals surface area contributed by atoms with Crippen molar-refractivity contribution in [3.63, 3.8) is 0 Å². The van der Waals surface area contributed by atoms with Gasteiger partial charge in [-0.1, -0.05) is 26.7 Å². The van der Waals surface area contributed by atoms with Crippen molar-refractivity contribution in [2.75, 3.05) is 26.2 Å². The molecule has 1 aliphatic carbocycles. The Hall–Kier alpha value is -0.0800. The van der Waals surface area contributed by atoms with Gasteiger partial charge in [0.2, 0.25) is 0 Å². The van der Waals surface area contributed by atoms with Gasteiger partial charge in [-0.05, 0) is 37.6 Å². The van der Waals surface area contributed by atoms with E-state index in [1.807, 2.05) is 0 Å². The molecule has 0 bridgehead atoms. The van der Waals surface area contributed by atoms with Crippen LogP contribution in [0.3, 0.4) is 0 Å². The molecule has 1 heterocycles. The minimum absolute atomic E-state index is 0.801. The third-order valence-corrected chi connectivity index (χ3v) is 4.52. The highest BCUT2D eigenvalue weighted by atomic mass is 15.2. The summed E-state index contributed by atoms with van der Waals surface area (Å²) in [7, 11) is 0. The van der Waals surface area contributed by atoms with Crippen molar-refractivity contribution in [3.8, 4) is 0 Å². The van der Waals surface area contributed by atoms with Crippen molar-refractivity contribution in [1.82, 2.24) is 10.2 Å². The normalized spacial score (nSPS) is 31.9. The molecule has 1 aliphatic heterocycles. The standard InChI is InChI=1S/C14H28N2/c1-3-6-14(9-15-4-2)16-10-12-7-5-8-13(12)11-16/h12-15H,3-11H2,1-2H3. The van der Waals surface area contributed by atoms with Gasteiger partial charge in [-0.3, -0.25) is 4.90 Å². The molecule has 2 rings (SSSR count). The lowest BCUT2D eigenvalue weighted by molar-refractivity contribution is 0.208. The van der Waals surface area contributed by atoms with Gasteiger partial charge in [-0.2, -0.15) is 0 Å². The first-order valence-electron chi connectivity index (χ1n) is 7.29. The second-order valence-corrected chi connectivity index (χ2v) is 5.66. The highest BCUT2D eigenvalue weighted by molar-refractivity contribution is 4.91. The molecule has 1 N–H and O–H groups in total. The third kappa shape index (κ3) is 2.78. The van der Waals surface area contributed by atoms with E-state index in [-0.39, 0.29) is 0 Å². The summed E-state index contributed by atoms with van der Waals surface area (Å²) in [4.78, 5) is 2.78. The van der Waals surface area contributed by atoms with Crippen LogP contribution in [0.1, 0.15) is 46.0 Å². The van der Waals surface area contributed by atoms with Crippen LogP contribution in [0.4, 0.5) is 0 Å². The van der Waals surface area contributed by atoms with Crippen molar-refractivity contribution in [2.45, 2.75) is 52.0 Å². The van der Waals surface area contributed by atoms with Crippen molar-refractivity contribution >= 4 is 0 Å². The van der Waals surface area contributed by atoms with Gasteiger partial charge in [0.25, 0.3) is 0 Å². The minimum atomic E-state index is 0.801. The Bertz CT molecular complexity index is 193. The maximum atomic E-state index is 3.53. The van der Waals surface area contributed by atoms with Gasteiger partial charge in [0.15, 0.2) is 0 Å². The summed E-state index contributed by atoms with van der Waals surface area (Å²) in [5, 5.41) is 3.53. The smallest absolute Gasteiger partial charge is 0.0220 e. The minimum Gasteiger partial charge on any atom is -0.315 e. The Labute approximate surface area is 101 Å². The van der Waals surface area contributed by atoms with Crippen molar-refractivity contribution < 1.29 is 0 Å². The zero-order valence-electron chi connectivity index (χ0n) is 11.0. The van der Waals surface area contributed by atoms with Crippen LogP contribution in [0.2, 0.25) is 0 Å². The lowest BCUT2D eigenvalue weighted by atomic mass is 10.0. The summed E-state index contributed by atoms with van der Waals surface area (Å²) in [5.41, 5.74) is 0. The Balaban J connectivity index is 1.83. The number of nitrogens with zero attached hydrogens (tertiary/aromatic N) is 1. The van der Waals surface area contributed by atoms with E-state index in [4.69, 9.17) is 0 Å². The Kier molecular flexibility index (Phi) is 4.66. The number of hydrogen-bond acceptors (Lipinski definition) is 2. The Morgan fingerprint density at radius 2 is 1.88 bits per heavy atom. The SMILES string of the molecule is CCCC(CNCC)N1CC2CCCC2C1. The van der Waals surface area contributed by atoms with Gasteiger partial charge in [0.1, 0.15) is 0 Å². The van der Waals surface area contributed by atoms with Crippen LogP contribution in [0.25, 0.3) is 0 Å². The van der Waals surface area contributed by atoms with Gasteiger partial charge >= 0.3 is 0 Å². The summed E-state index contributed by atoms with van der Waals surface area (Å²) in [6.07, 6.45) is 7.19. The van der Waals surface area contributed by atoms with Gasteiger partial charge in [-0.15, -0.1) is 0 Å². The summed E-state index contributed by atoms with van der Waals surface area (Å²) >= 11 is 0. The van der Waals surface area contributed by atoms with E-state index in [9.17, 15) is 0 Å². The fourth-order valence-electron chi connectivity index (χ4n) is 3.63. The third-order valence-electron chi connectivity index (χ3n) is 4.52. The predicted molar refractivity (Wildman–Crippen MR) is 69.6 cm³/mol. The molecule has 0 aromatic rings. The van der Waals surface area contributed by atoms with Gasteiger partial charge in [-0.25, -0.2) is 0 Å². The van der Waals surface area contributed by atoms with Crippen LogP contribution in [0, 0.1) is 11.8 Å². The molecule has 1 saturated heterocycles. The molecule has 0 aromatic carbocycles. The molecule has 3 atom stereocenters. The van der Waals surface area contributed by atoms with E-state index in [2.05, 4.69) is 24.1 Å². The van der Waals surface area contributed by atoms with Crippen molar-refractivity contribution in [2.24, 2.45) is 11.8 Å². The first-order valence-corrected chi connectivity index (χ1v) is 7.29. The molecule has 16 heavy (non-hydrogen) atoms. The van der Waals surface area contributed by atoms with Crippen molar-refractivity contribution in [1.29, 1.82) is 0 Å². The molecule has 0 spiro atoms. The zero-order valence-corrected chi connectivity index (χ0v) is 11.0. The van der Waals surface area contributed by atoms with Gasteiger partial charge in [0.05, 0.1) is 0 Å². The topological polar surface area (TPSA) is 15.3 Å². The molecular weight excluding hydrogens is 196 g/mol. The van der Waals surface area contributed by atoms with E-state index < -0.39 is 0 Å². The van der Waals surface area contributed by atoms with Crippen LogP contribution in [-0.2, 0) is 0 Å². The lowest BCUT2D eigenvalue weighted by Gasteiger charge is -2.28. The maximum absolute atomic E-state index is 3.53. The van der Waals surface area contributed by atoms with E-state index in [0.29, 0.717) is 0 Å². The molecule has 2 fully saturated rings. The average Bonchev–Trinajstić information content (AvgIpc) is 2.84. The fraction of sp³-hybridized carbons (Fsp3) is 1.00. The Morgan fingerprint density at radius 1 is 1.19 bits per heavy atom. The van der Waals surface area contributed by atoms with Gasteiger partial charge < -0.3 is 5.32 Å². The second kappa shape index (κ2) is 6.02. The molecule has 2 nitrogen and oxygen atoms in total. The van der Waals surface area contributed by atoms with Crippen LogP contribution in [-0.4, -0.2) is 37.1 Å². The molecule has 2 aliphatic rings. The quantitative estimate of drug-likeness (QED) is 0.746. The second-order valence-electron chi connectivity index (χ2n) is 5.66. The number of likely N-dealkylation sites (N-methyl/N-ethyl adjacent to an activating group) is 1. The zero-order chi connectivity index (χ0) is 11.4. The summed E-state index contributed by atoms with van der Waals surface area (Å²) in [6.45, 7) is 9.61. The molecule has 0 amide bonds. The molecule has 94 valence electrons. The van der Waals surface area contributed by atoms with E-state index in [1.165, 1.54) is 51.7 Å². The molecule has 3 unspecified atom stereocenters. The highest BCUT2D eigenvalue weighted by Crippen LogP contribution is 2.38. The molecule has 1 saturated carbocycles. The van der Waals surface area contributed by atoms with Crippen LogP contribution >= 0.6 is 0 Å². The molecule has 0 radical (unpaired) electrons. The molecule has 2 heteroatoms. The van der Waals surface area contributed by atoms with Crippen molar-refractivity contribution in [3.05, 3.63) is 0 Å². The summed E-state index contributed by atoms with van der Waals surface area (Å²) in [5.74, 6) is 2.09. The number of fused-ring (bicyclic) bond motifs is 1. The average molecular weight is 224 g/mol. The number of rotatable bonds is 6. The van der Waals surface area contributed by atoms with Crippen LogP contribution in [0.15, 0.2) is 0 Å². The first kappa shape index (κ1) is 12.4. The summed E-state index contributed by atoms with van der Waals surface area (Å²) < 4.78 is 0. The number of likely N-dealkylation sites (tertiary alicyclic amines) is 1. The first-order chi connectivity index (χ1) is 7.85. The highest BCUT2D eigenvalue weighted by Gasteiger charge is 2.38. The monoisotopic (exact) mass is 224 g/mol. The number of nitrogens with one attached hydrogen (secondary N) is 1. The van der Waals surface area contributed by atoms with Crippen LogP contribution < -0.4 is 5.32 Å². The van der Waals surface area contributed by atoms with E-state index >= 15 is 0 Å². The molecule has 0 aromatic heterocycles. The van der Waals surface area contributed by atoms with Crippen LogP contribution in [0.5, 0.6) is 0 Å². The van der Waals surface area contributed by atoms with E-state index in [1.54, 1.807) is 0 Å². The van der Waals surface area contributed by atoms with E-state index in [0.717, 1.165) is 24.4 Å². The number of hydrogen-bond donors (Lipinski definition) is 1. The largest absolute Gasteiger partial charge is 0.315 e. The lowest BCUT2D eigenvalue weighted by Crippen LogP contribution is -2.41. The Morgan fingerprint density at radius 3 is 2.44 bits per heavy atom. The predicted octanol–water partition coefficient (Wildman–Crippen LogP) is 2.50. The molecular formula is C14H28N2. The van der Waals surface area contributed by atoms with Gasteiger partial charge in [0, 0.05) is 25.7 Å². The maximum Gasteiger partial charge on any atom is 0.0220 e.